The van der Waals surface area contributed by atoms with Crippen molar-refractivity contribution in [3.05, 3.63) is 40.7 Å². The van der Waals surface area contributed by atoms with E-state index in [1.807, 2.05) is 0 Å². The van der Waals surface area contributed by atoms with Crippen LogP contribution in [-0.2, 0) is 4.74 Å². The lowest BCUT2D eigenvalue weighted by atomic mass is 10.3. The zero-order chi connectivity index (χ0) is 17.5. The van der Waals surface area contributed by atoms with Crippen molar-refractivity contribution in [2.75, 3.05) is 32.7 Å². The van der Waals surface area contributed by atoms with Crippen molar-refractivity contribution in [3.8, 4) is 5.75 Å². The Balaban J connectivity index is 2.16. The first-order valence-corrected chi connectivity index (χ1v) is 7.64. The van der Waals surface area contributed by atoms with Crippen LogP contribution in [0.2, 0.25) is 5.02 Å². The van der Waals surface area contributed by atoms with Gasteiger partial charge in [-0.3, -0.25) is 4.79 Å². The Hall–Kier alpha value is -2.38. The van der Waals surface area contributed by atoms with E-state index in [1.54, 1.807) is 45.4 Å². The summed E-state index contributed by atoms with van der Waals surface area (Å²) in [7, 11) is 3.12. The molecule has 0 aliphatic heterocycles. The van der Waals surface area contributed by atoms with Gasteiger partial charge in [0.15, 0.2) is 0 Å². The number of methoxy groups -OCH3 is 2. The van der Waals surface area contributed by atoms with Gasteiger partial charge in [0, 0.05) is 25.0 Å². The highest BCUT2D eigenvalue weighted by Crippen LogP contribution is 2.28. The minimum atomic E-state index is -0.284. The second kappa shape index (κ2) is 8.47. The number of nitrogens with one attached hydrogen (secondary N) is 2. The number of carbonyl (C=O) groups is 1. The number of hydrogen-bond acceptors (Lipinski definition) is 6. The van der Waals surface area contributed by atoms with E-state index in [-0.39, 0.29) is 11.6 Å². The SMILES string of the molecule is COCCNC(=O)c1cc(C)nc(Nc2ccc(OC)c(Cl)c2)n1. The standard InChI is InChI=1S/C16H19ClN4O3/c1-10-8-13(15(22)18-6-7-23-2)21-16(19-10)20-11-4-5-14(24-3)12(17)9-11/h4-5,8-9H,6-7H2,1-3H3,(H,18,22)(H,19,20,21). The first-order valence-electron chi connectivity index (χ1n) is 7.27. The highest BCUT2D eigenvalue weighted by Gasteiger charge is 2.11. The summed E-state index contributed by atoms with van der Waals surface area (Å²) < 4.78 is 10.0. The Bertz CT molecular complexity index is 724. The van der Waals surface area contributed by atoms with E-state index >= 15 is 0 Å². The molecule has 7 nitrogen and oxygen atoms in total. The zero-order valence-corrected chi connectivity index (χ0v) is 14.5. The molecule has 1 aromatic heterocycles. The molecule has 2 rings (SSSR count). The Morgan fingerprint density at radius 1 is 1.25 bits per heavy atom. The predicted octanol–water partition coefficient (Wildman–Crippen LogP) is 2.57. The monoisotopic (exact) mass is 350 g/mol. The molecule has 2 N–H and O–H groups in total. The van der Waals surface area contributed by atoms with Crippen LogP contribution in [0.4, 0.5) is 11.6 Å². The third kappa shape index (κ3) is 4.81. The van der Waals surface area contributed by atoms with E-state index in [2.05, 4.69) is 20.6 Å². The maximum atomic E-state index is 12.1. The second-order valence-electron chi connectivity index (χ2n) is 4.94. The van der Waals surface area contributed by atoms with Gasteiger partial charge in [-0.25, -0.2) is 9.97 Å². The first-order chi connectivity index (χ1) is 11.5. The molecule has 1 aromatic carbocycles. The van der Waals surface area contributed by atoms with Crippen molar-refractivity contribution in [1.29, 1.82) is 0 Å². The van der Waals surface area contributed by atoms with E-state index in [0.29, 0.717) is 41.3 Å². The number of carbonyl (C=O) groups excluding carboxylic acids is 1. The lowest BCUT2D eigenvalue weighted by Gasteiger charge is -2.10. The number of nitrogens with zero attached hydrogens (tertiary/aromatic N) is 2. The van der Waals surface area contributed by atoms with Gasteiger partial charge in [0.2, 0.25) is 5.95 Å². The van der Waals surface area contributed by atoms with Crippen molar-refractivity contribution in [1.82, 2.24) is 15.3 Å². The molecule has 8 heteroatoms. The number of aryl methyl sites for hydroxylation is 1. The van der Waals surface area contributed by atoms with Gasteiger partial charge in [0.1, 0.15) is 11.4 Å². The number of hydrogen-bond donors (Lipinski definition) is 2. The number of ether oxygens (including phenoxy) is 2. The van der Waals surface area contributed by atoms with Crippen LogP contribution in [0.3, 0.4) is 0 Å². The largest absolute Gasteiger partial charge is 0.495 e. The van der Waals surface area contributed by atoms with Gasteiger partial charge in [-0.15, -0.1) is 0 Å². The minimum Gasteiger partial charge on any atom is -0.495 e. The quantitative estimate of drug-likeness (QED) is 0.746. The van der Waals surface area contributed by atoms with Gasteiger partial charge >= 0.3 is 0 Å². The summed E-state index contributed by atoms with van der Waals surface area (Å²) in [5.41, 5.74) is 1.64. The first kappa shape index (κ1) is 18.0. The smallest absolute Gasteiger partial charge is 0.270 e. The zero-order valence-electron chi connectivity index (χ0n) is 13.7. The van der Waals surface area contributed by atoms with Crippen LogP contribution in [0.5, 0.6) is 5.75 Å². The minimum absolute atomic E-state index is 0.278. The Morgan fingerprint density at radius 2 is 2.04 bits per heavy atom. The maximum absolute atomic E-state index is 12.1. The van der Waals surface area contributed by atoms with Crippen molar-refractivity contribution < 1.29 is 14.3 Å². The molecule has 24 heavy (non-hydrogen) atoms. The molecule has 0 unspecified atom stereocenters. The van der Waals surface area contributed by atoms with E-state index in [9.17, 15) is 4.79 Å². The molecule has 1 heterocycles. The summed E-state index contributed by atoms with van der Waals surface area (Å²) in [6, 6.07) is 6.84. The number of amides is 1. The van der Waals surface area contributed by atoms with Gasteiger partial charge < -0.3 is 20.1 Å². The molecule has 0 bridgehead atoms. The number of halogens is 1. The summed E-state index contributed by atoms with van der Waals surface area (Å²) in [4.78, 5) is 20.6. The van der Waals surface area contributed by atoms with Gasteiger partial charge in [-0.05, 0) is 31.2 Å². The highest BCUT2D eigenvalue weighted by atomic mass is 35.5. The maximum Gasteiger partial charge on any atom is 0.270 e. The number of benzene rings is 1. The van der Waals surface area contributed by atoms with Crippen LogP contribution in [0.25, 0.3) is 0 Å². The topological polar surface area (TPSA) is 85.4 Å². The molecule has 1 amide bonds. The summed E-state index contributed by atoms with van der Waals surface area (Å²) in [5.74, 6) is 0.604. The highest BCUT2D eigenvalue weighted by molar-refractivity contribution is 6.32. The van der Waals surface area contributed by atoms with Crippen LogP contribution in [-0.4, -0.2) is 43.2 Å². The lowest BCUT2D eigenvalue weighted by Crippen LogP contribution is -2.28. The average Bonchev–Trinajstić information content (AvgIpc) is 2.54. The summed E-state index contributed by atoms with van der Waals surface area (Å²) in [5, 5.41) is 6.22. The Kier molecular flexibility index (Phi) is 6.34. The Labute approximate surface area is 145 Å². The fourth-order valence-electron chi connectivity index (χ4n) is 1.97. The molecule has 0 spiro atoms. The lowest BCUT2D eigenvalue weighted by molar-refractivity contribution is 0.0932. The number of aromatic nitrogens is 2. The van der Waals surface area contributed by atoms with Crippen LogP contribution < -0.4 is 15.4 Å². The summed E-state index contributed by atoms with van der Waals surface area (Å²) >= 11 is 6.10. The van der Waals surface area contributed by atoms with Crippen molar-refractivity contribution >= 4 is 29.1 Å². The number of anilines is 2. The normalized spacial score (nSPS) is 10.3. The van der Waals surface area contributed by atoms with Crippen LogP contribution in [0.1, 0.15) is 16.2 Å². The van der Waals surface area contributed by atoms with Gasteiger partial charge in [-0.1, -0.05) is 11.6 Å². The summed E-state index contributed by atoms with van der Waals surface area (Å²) in [6.45, 7) is 2.64. The van der Waals surface area contributed by atoms with Gasteiger partial charge in [-0.2, -0.15) is 0 Å². The second-order valence-corrected chi connectivity index (χ2v) is 5.35. The van der Waals surface area contributed by atoms with E-state index in [1.165, 1.54) is 0 Å². The molecule has 0 aliphatic carbocycles. The van der Waals surface area contributed by atoms with Crippen molar-refractivity contribution in [2.24, 2.45) is 0 Å². The van der Waals surface area contributed by atoms with Crippen LogP contribution >= 0.6 is 11.6 Å². The molecule has 2 aromatic rings. The molecular formula is C16H19ClN4O3. The van der Waals surface area contributed by atoms with E-state index in [4.69, 9.17) is 21.1 Å². The van der Waals surface area contributed by atoms with Crippen LogP contribution in [0.15, 0.2) is 24.3 Å². The fraction of sp³-hybridized carbons (Fsp3) is 0.312. The molecule has 128 valence electrons. The number of rotatable bonds is 7. The average molecular weight is 351 g/mol. The molecule has 0 saturated heterocycles. The third-order valence-corrected chi connectivity index (χ3v) is 3.38. The van der Waals surface area contributed by atoms with Crippen molar-refractivity contribution in [3.63, 3.8) is 0 Å². The predicted molar refractivity (Wildman–Crippen MR) is 92.3 cm³/mol. The molecule has 0 radical (unpaired) electrons. The van der Waals surface area contributed by atoms with E-state index < -0.39 is 0 Å². The molecule has 0 atom stereocenters. The van der Waals surface area contributed by atoms with Gasteiger partial charge in [0.25, 0.3) is 5.91 Å². The molecular weight excluding hydrogens is 332 g/mol. The van der Waals surface area contributed by atoms with E-state index in [0.717, 1.165) is 0 Å². The van der Waals surface area contributed by atoms with Crippen LogP contribution in [0, 0.1) is 6.92 Å². The van der Waals surface area contributed by atoms with Gasteiger partial charge in [0.05, 0.1) is 18.7 Å². The third-order valence-electron chi connectivity index (χ3n) is 3.09. The molecule has 0 aliphatic rings. The molecule has 0 saturated carbocycles. The fourth-order valence-corrected chi connectivity index (χ4v) is 2.23. The van der Waals surface area contributed by atoms with Crippen molar-refractivity contribution in [2.45, 2.75) is 6.92 Å². The molecule has 0 fully saturated rings. The Morgan fingerprint density at radius 3 is 2.71 bits per heavy atom. The summed E-state index contributed by atoms with van der Waals surface area (Å²) in [6.07, 6.45) is 0.